The third-order valence-electron chi connectivity index (χ3n) is 4.87. The number of hydrogen-bond donors (Lipinski definition) is 1. The SMILES string of the molecule is COc1cccc(-c2cccc(C(=O)n3cc(CC(=O)O)c4ccccc43)c2)c1. The predicted octanol–water partition coefficient (Wildman–Crippen LogP) is 4.63. The average Bonchev–Trinajstić information content (AvgIpc) is 3.11. The predicted molar refractivity (Wildman–Crippen MR) is 111 cm³/mol. The van der Waals surface area contributed by atoms with Gasteiger partial charge in [-0.15, -0.1) is 0 Å². The number of methoxy groups -OCH3 is 1. The lowest BCUT2D eigenvalue weighted by Gasteiger charge is -2.08. The molecule has 1 N–H and O–H groups in total. The summed E-state index contributed by atoms with van der Waals surface area (Å²) in [7, 11) is 1.62. The molecular weight excluding hydrogens is 366 g/mol. The van der Waals surface area contributed by atoms with E-state index in [0.717, 1.165) is 22.3 Å². The van der Waals surface area contributed by atoms with Gasteiger partial charge in [-0.3, -0.25) is 14.2 Å². The van der Waals surface area contributed by atoms with Gasteiger partial charge in [0.2, 0.25) is 0 Å². The van der Waals surface area contributed by atoms with Crippen molar-refractivity contribution in [3.63, 3.8) is 0 Å². The van der Waals surface area contributed by atoms with Crippen molar-refractivity contribution in [1.29, 1.82) is 0 Å². The van der Waals surface area contributed by atoms with E-state index in [4.69, 9.17) is 4.74 Å². The van der Waals surface area contributed by atoms with Gasteiger partial charge in [0.05, 0.1) is 19.0 Å². The summed E-state index contributed by atoms with van der Waals surface area (Å²) < 4.78 is 6.81. The van der Waals surface area contributed by atoms with Crippen LogP contribution in [-0.2, 0) is 11.2 Å². The van der Waals surface area contributed by atoms with Crippen molar-refractivity contribution in [2.45, 2.75) is 6.42 Å². The molecule has 0 saturated carbocycles. The van der Waals surface area contributed by atoms with Crippen molar-refractivity contribution < 1.29 is 19.4 Å². The molecule has 29 heavy (non-hydrogen) atoms. The summed E-state index contributed by atoms with van der Waals surface area (Å²) in [6.07, 6.45) is 1.49. The largest absolute Gasteiger partial charge is 0.497 e. The highest BCUT2D eigenvalue weighted by atomic mass is 16.5. The van der Waals surface area contributed by atoms with Crippen molar-refractivity contribution in [2.75, 3.05) is 7.11 Å². The number of fused-ring (bicyclic) bond motifs is 1. The second-order valence-electron chi connectivity index (χ2n) is 6.73. The Balaban J connectivity index is 1.77. The third kappa shape index (κ3) is 3.62. The highest BCUT2D eigenvalue weighted by Crippen LogP contribution is 2.27. The van der Waals surface area contributed by atoms with Crippen LogP contribution >= 0.6 is 0 Å². The van der Waals surface area contributed by atoms with Crippen LogP contribution in [0.3, 0.4) is 0 Å². The standard InChI is InChI=1S/C24H19NO4/c1-29-20-9-5-7-17(13-20)16-6-4-8-18(12-16)24(28)25-15-19(14-23(26)27)21-10-2-3-11-22(21)25/h2-13,15H,14H2,1H3,(H,26,27). The number of aromatic nitrogens is 1. The molecule has 4 aromatic rings. The fourth-order valence-electron chi connectivity index (χ4n) is 3.50. The van der Waals surface area contributed by atoms with Gasteiger partial charge in [0.25, 0.3) is 5.91 Å². The van der Waals surface area contributed by atoms with Crippen LogP contribution in [0.1, 0.15) is 15.9 Å². The van der Waals surface area contributed by atoms with E-state index in [1.807, 2.05) is 66.7 Å². The van der Waals surface area contributed by atoms with Crippen LogP contribution in [0.2, 0.25) is 0 Å². The molecule has 0 atom stereocenters. The number of ether oxygens (including phenoxy) is 1. The first kappa shape index (κ1) is 18.5. The number of carbonyl (C=O) groups is 2. The Hall–Kier alpha value is -3.86. The fraction of sp³-hybridized carbons (Fsp3) is 0.0833. The monoisotopic (exact) mass is 385 g/mol. The highest BCUT2D eigenvalue weighted by Gasteiger charge is 2.17. The van der Waals surface area contributed by atoms with E-state index in [1.165, 1.54) is 4.57 Å². The van der Waals surface area contributed by atoms with Gasteiger partial charge in [0.1, 0.15) is 5.75 Å². The van der Waals surface area contributed by atoms with Crippen molar-refractivity contribution in [3.8, 4) is 16.9 Å². The molecule has 5 nitrogen and oxygen atoms in total. The molecule has 0 fully saturated rings. The molecule has 1 aromatic heterocycles. The Morgan fingerprint density at radius 3 is 2.41 bits per heavy atom. The first-order chi connectivity index (χ1) is 14.1. The zero-order valence-corrected chi connectivity index (χ0v) is 15.8. The van der Waals surface area contributed by atoms with Gasteiger partial charge in [-0.2, -0.15) is 0 Å². The van der Waals surface area contributed by atoms with Crippen LogP contribution in [0.5, 0.6) is 5.75 Å². The van der Waals surface area contributed by atoms with E-state index in [1.54, 1.807) is 19.4 Å². The Morgan fingerprint density at radius 2 is 1.66 bits per heavy atom. The number of rotatable bonds is 5. The van der Waals surface area contributed by atoms with Crippen LogP contribution in [-0.4, -0.2) is 28.7 Å². The number of para-hydroxylation sites is 1. The van der Waals surface area contributed by atoms with E-state index >= 15 is 0 Å². The molecular formula is C24H19NO4. The summed E-state index contributed by atoms with van der Waals surface area (Å²) in [5.74, 6) is -0.392. The molecule has 0 aliphatic carbocycles. The lowest BCUT2D eigenvalue weighted by Crippen LogP contribution is -2.11. The number of benzene rings is 3. The maximum Gasteiger partial charge on any atom is 0.307 e. The fourth-order valence-corrected chi connectivity index (χ4v) is 3.50. The molecule has 3 aromatic carbocycles. The molecule has 0 amide bonds. The molecule has 0 spiro atoms. The average molecular weight is 385 g/mol. The van der Waals surface area contributed by atoms with Crippen molar-refractivity contribution in [1.82, 2.24) is 4.57 Å². The van der Waals surface area contributed by atoms with E-state index in [-0.39, 0.29) is 12.3 Å². The summed E-state index contributed by atoms with van der Waals surface area (Å²) in [5, 5.41) is 9.96. The Bertz CT molecular complexity index is 1220. The second-order valence-corrected chi connectivity index (χ2v) is 6.73. The normalized spacial score (nSPS) is 10.8. The van der Waals surface area contributed by atoms with Crippen LogP contribution in [0, 0.1) is 0 Å². The van der Waals surface area contributed by atoms with Crippen LogP contribution in [0.15, 0.2) is 79.0 Å². The minimum absolute atomic E-state index is 0.134. The number of nitrogens with zero attached hydrogens (tertiary/aromatic N) is 1. The number of carbonyl (C=O) groups excluding carboxylic acids is 1. The Kier molecular flexibility index (Phi) is 4.87. The van der Waals surface area contributed by atoms with Gasteiger partial charge >= 0.3 is 5.97 Å². The molecule has 4 rings (SSSR count). The molecule has 5 heteroatoms. The number of hydrogen-bond acceptors (Lipinski definition) is 3. The van der Waals surface area contributed by atoms with Crippen LogP contribution in [0.25, 0.3) is 22.0 Å². The minimum atomic E-state index is -0.930. The van der Waals surface area contributed by atoms with E-state index < -0.39 is 5.97 Å². The lowest BCUT2D eigenvalue weighted by atomic mass is 10.0. The Morgan fingerprint density at radius 1 is 0.931 bits per heavy atom. The first-order valence-electron chi connectivity index (χ1n) is 9.17. The van der Waals surface area contributed by atoms with Gasteiger partial charge in [0, 0.05) is 17.1 Å². The van der Waals surface area contributed by atoms with Crippen LogP contribution in [0.4, 0.5) is 0 Å². The van der Waals surface area contributed by atoms with Crippen molar-refractivity contribution in [2.24, 2.45) is 0 Å². The van der Waals surface area contributed by atoms with E-state index in [9.17, 15) is 14.7 Å². The molecule has 1 heterocycles. The van der Waals surface area contributed by atoms with Gasteiger partial charge in [-0.1, -0.05) is 42.5 Å². The second kappa shape index (κ2) is 7.64. The zero-order chi connectivity index (χ0) is 20.4. The summed E-state index contributed by atoms with van der Waals surface area (Å²) >= 11 is 0. The van der Waals surface area contributed by atoms with Gasteiger partial charge in [-0.25, -0.2) is 0 Å². The van der Waals surface area contributed by atoms with Gasteiger partial charge in [-0.05, 0) is 47.0 Å². The first-order valence-corrected chi connectivity index (χ1v) is 9.17. The summed E-state index contributed by atoms with van der Waals surface area (Å²) in [6.45, 7) is 0. The molecule has 0 saturated heterocycles. The minimum Gasteiger partial charge on any atom is -0.497 e. The molecule has 0 bridgehead atoms. The maximum atomic E-state index is 13.3. The summed E-state index contributed by atoms with van der Waals surface area (Å²) in [5.41, 5.74) is 3.68. The highest BCUT2D eigenvalue weighted by molar-refractivity contribution is 6.04. The number of carboxylic acids is 1. The third-order valence-corrected chi connectivity index (χ3v) is 4.87. The molecule has 0 aliphatic heterocycles. The van der Waals surface area contributed by atoms with E-state index in [2.05, 4.69) is 0 Å². The topological polar surface area (TPSA) is 68.5 Å². The van der Waals surface area contributed by atoms with Gasteiger partial charge in [0.15, 0.2) is 0 Å². The Labute approximate surface area is 167 Å². The van der Waals surface area contributed by atoms with Crippen LogP contribution < -0.4 is 4.74 Å². The zero-order valence-electron chi connectivity index (χ0n) is 15.8. The number of aliphatic carboxylic acids is 1. The lowest BCUT2D eigenvalue weighted by molar-refractivity contribution is -0.136. The van der Waals surface area contributed by atoms with Gasteiger partial charge < -0.3 is 9.84 Å². The smallest absolute Gasteiger partial charge is 0.307 e. The maximum absolute atomic E-state index is 13.3. The quantitative estimate of drug-likeness (QED) is 0.544. The van der Waals surface area contributed by atoms with E-state index in [0.29, 0.717) is 16.6 Å². The summed E-state index contributed by atoms with van der Waals surface area (Å²) in [4.78, 5) is 24.5. The summed E-state index contributed by atoms with van der Waals surface area (Å²) in [6, 6.07) is 22.4. The van der Waals surface area contributed by atoms with Crippen molar-refractivity contribution >= 4 is 22.8 Å². The van der Waals surface area contributed by atoms with Crippen molar-refractivity contribution in [3.05, 3.63) is 90.1 Å². The number of carboxylic acid groups (broad SMARTS) is 1. The molecule has 0 radical (unpaired) electrons. The molecule has 0 unspecified atom stereocenters. The molecule has 144 valence electrons. The molecule has 0 aliphatic rings.